The lowest BCUT2D eigenvalue weighted by Gasteiger charge is -2.27. The Labute approximate surface area is 168 Å². The van der Waals surface area contributed by atoms with Gasteiger partial charge < -0.3 is 10.6 Å². The standard InChI is InChI=1S/C21H25N3O3S/c1-4-21(16-9-7-14(2)8-10-16)19(26)24(20(27)23-21)15(3)18(25)22-12-11-17-6-5-13-28-17/h5-10,13,15H,4,11-12H2,1-3H3,(H,22,25)(H,23,27)/t15-,21-/m1/s1. The highest BCUT2D eigenvalue weighted by Gasteiger charge is 2.53. The molecular weight excluding hydrogens is 374 g/mol. The molecule has 1 saturated heterocycles. The minimum Gasteiger partial charge on any atom is -0.354 e. The minimum atomic E-state index is -1.13. The largest absolute Gasteiger partial charge is 0.354 e. The Morgan fingerprint density at radius 3 is 2.57 bits per heavy atom. The Morgan fingerprint density at radius 2 is 1.96 bits per heavy atom. The van der Waals surface area contributed by atoms with Crippen molar-refractivity contribution in [3.63, 3.8) is 0 Å². The van der Waals surface area contributed by atoms with E-state index < -0.39 is 17.6 Å². The number of nitrogens with zero attached hydrogens (tertiary/aromatic N) is 1. The molecule has 1 aromatic heterocycles. The summed E-state index contributed by atoms with van der Waals surface area (Å²) in [5.74, 6) is -0.722. The van der Waals surface area contributed by atoms with Gasteiger partial charge in [-0.05, 0) is 43.7 Å². The van der Waals surface area contributed by atoms with E-state index in [-0.39, 0.29) is 11.8 Å². The Kier molecular flexibility index (Phi) is 5.84. The van der Waals surface area contributed by atoms with Gasteiger partial charge in [-0.1, -0.05) is 42.8 Å². The molecule has 148 valence electrons. The third kappa shape index (κ3) is 3.67. The maximum absolute atomic E-state index is 13.2. The molecule has 4 amide bonds. The summed E-state index contributed by atoms with van der Waals surface area (Å²) in [6.45, 7) is 5.86. The molecule has 0 bridgehead atoms. The van der Waals surface area contributed by atoms with E-state index in [9.17, 15) is 14.4 Å². The van der Waals surface area contributed by atoms with Crippen LogP contribution in [0, 0.1) is 6.92 Å². The number of hydrogen-bond donors (Lipinski definition) is 2. The quantitative estimate of drug-likeness (QED) is 0.703. The van der Waals surface area contributed by atoms with Crippen LogP contribution in [-0.2, 0) is 21.5 Å². The van der Waals surface area contributed by atoms with Crippen molar-refractivity contribution >= 4 is 29.2 Å². The van der Waals surface area contributed by atoms with Crippen LogP contribution >= 0.6 is 11.3 Å². The number of aryl methyl sites for hydroxylation is 1. The number of thiophene rings is 1. The van der Waals surface area contributed by atoms with E-state index in [0.717, 1.165) is 22.4 Å². The van der Waals surface area contributed by atoms with Gasteiger partial charge in [0.2, 0.25) is 5.91 Å². The zero-order valence-corrected chi connectivity index (χ0v) is 17.1. The number of benzene rings is 1. The van der Waals surface area contributed by atoms with Crippen molar-refractivity contribution in [3.8, 4) is 0 Å². The number of urea groups is 1. The first-order chi connectivity index (χ1) is 13.4. The topological polar surface area (TPSA) is 78.5 Å². The Balaban J connectivity index is 1.72. The molecule has 28 heavy (non-hydrogen) atoms. The second-order valence-corrected chi connectivity index (χ2v) is 8.06. The zero-order valence-electron chi connectivity index (χ0n) is 16.3. The fourth-order valence-electron chi connectivity index (χ4n) is 3.45. The van der Waals surface area contributed by atoms with Crippen LogP contribution in [0.15, 0.2) is 41.8 Å². The second-order valence-electron chi connectivity index (χ2n) is 7.03. The highest BCUT2D eigenvalue weighted by atomic mass is 32.1. The molecule has 0 aliphatic carbocycles. The average Bonchev–Trinajstić information content (AvgIpc) is 3.28. The monoisotopic (exact) mass is 399 g/mol. The van der Waals surface area contributed by atoms with Crippen LogP contribution in [-0.4, -0.2) is 35.3 Å². The number of hydrogen-bond acceptors (Lipinski definition) is 4. The van der Waals surface area contributed by atoms with E-state index in [1.54, 1.807) is 18.3 Å². The molecule has 6 nitrogen and oxygen atoms in total. The van der Waals surface area contributed by atoms with Crippen molar-refractivity contribution in [2.45, 2.75) is 45.2 Å². The summed E-state index contributed by atoms with van der Waals surface area (Å²) in [6, 6.07) is 10.1. The summed E-state index contributed by atoms with van der Waals surface area (Å²) in [5, 5.41) is 7.64. The number of rotatable bonds is 7. The van der Waals surface area contributed by atoms with Gasteiger partial charge in [0.15, 0.2) is 0 Å². The molecule has 2 atom stereocenters. The molecule has 2 N–H and O–H groups in total. The van der Waals surface area contributed by atoms with E-state index in [1.807, 2.05) is 55.6 Å². The van der Waals surface area contributed by atoms with Crippen LogP contribution in [0.1, 0.15) is 36.3 Å². The normalized spacial score (nSPS) is 20.2. The predicted molar refractivity (Wildman–Crippen MR) is 109 cm³/mol. The average molecular weight is 400 g/mol. The summed E-state index contributed by atoms with van der Waals surface area (Å²) in [6.07, 6.45) is 1.13. The number of carbonyl (C=O) groups excluding carboxylic acids is 3. The van der Waals surface area contributed by atoms with Crippen molar-refractivity contribution in [1.82, 2.24) is 15.5 Å². The lowest BCUT2D eigenvalue weighted by Crippen LogP contribution is -2.49. The maximum atomic E-state index is 13.2. The second kappa shape index (κ2) is 8.14. The van der Waals surface area contributed by atoms with E-state index >= 15 is 0 Å². The Bertz CT molecular complexity index is 864. The van der Waals surface area contributed by atoms with Crippen LogP contribution in [0.5, 0.6) is 0 Å². The molecule has 0 saturated carbocycles. The van der Waals surface area contributed by atoms with Gasteiger partial charge in [-0.3, -0.25) is 9.59 Å². The number of nitrogens with one attached hydrogen (secondary N) is 2. The number of carbonyl (C=O) groups is 3. The lowest BCUT2D eigenvalue weighted by molar-refractivity contribution is -0.138. The first-order valence-electron chi connectivity index (χ1n) is 9.42. The lowest BCUT2D eigenvalue weighted by atomic mass is 9.86. The summed E-state index contributed by atoms with van der Waals surface area (Å²) in [7, 11) is 0. The molecule has 1 aliphatic rings. The first-order valence-corrected chi connectivity index (χ1v) is 10.3. The summed E-state index contributed by atoms with van der Waals surface area (Å²) >= 11 is 1.63. The van der Waals surface area contributed by atoms with Crippen LogP contribution < -0.4 is 10.6 Å². The Morgan fingerprint density at radius 1 is 1.25 bits per heavy atom. The van der Waals surface area contributed by atoms with Gasteiger partial charge in [-0.2, -0.15) is 0 Å². The molecule has 1 aliphatic heterocycles. The summed E-state index contributed by atoms with van der Waals surface area (Å²) < 4.78 is 0. The fraction of sp³-hybridized carbons (Fsp3) is 0.381. The van der Waals surface area contributed by atoms with Gasteiger partial charge in [-0.25, -0.2) is 9.69 Å². The molecule has 0 spiro atoms. The molecule has 3 rings (SSSR count). The third-order valence-electron chi connectivity index (χ3n) is 5.22. The number of imide groups is 1. The zero-order chi connectivity index (χ0) is 20.3. The van der Waals surface area contributed by atoms with Crippen LogP contribution in [0.4, 0.5) is 4.79 Å². The van der Waals surface area contributed by atoms with Gasteiger partial charge in [-0.15, -0.1) is 11.3 Å². The molecule has 7 heteroatoms. The van der Waals surface area contributed by atoms with E-state index in [2.05, 4.69) is 10.6 Å². The molecule has 2 heterocycles. The number of amides is 4. The molecule has 1 aromatic carbocycles. The summed E-state index contributed by atoms with van der Waals surface area (Å²) in [5.41, 5.74) is 0.671. The maximum Gasteiger partial charge on any atom is 0.326 e. The SMILES string of the molecule is CC[C@]1(c2ccc(C)cc2)NC(=O)N([C@H](C)C(=O)NCCc2cccs2)C1=O. The third-order valence-corrected chi connectivity index (χ3v) is 6.15. The predicted octanol–water partition coefficient (Wildman–Crippen LogP) is 2.96. The highest BCUT2D eigenvalue weighted by molar-refractivity contribution is 7.09. The fourth-order valence-corrected chi connectivity index (χ4v) is 4.16. The van der Waals surface area contributed by atoms with E-state index in [4.69, 9.17) is 0 Å². The van der Waals surface area contributed by atoms with Crippen molar-refractivity contribution in [2.75, 3.05) is 6.54 Å². The van der Waals surface area contributed by atoms with Crippen LogP contribution in [0.2, 0.25) is 0 Å². The Hall–Kier alpha value is -2.67. The molecule has 0 radical (unpaired) electrons. The summed E-state index contributed by atoms with van der Waals surface area (Å²) in [4.78, 5) is 40.6. The van der Waals surface area contributed by atoms with E-state index in [0.29, 0.717) is 13.0 Å². The molecule has 1 fully saturated rings. The van der Waals surface area contributed by atoms with Crippen molar-refractivity contribution in [2.24, 2.45) is 0 Å². The van der Waals surface area contributed by atoms with Gasteiger partial charge in [0.05, 0.1) is 0 Å². The first kappa shape index (κ1) is 20.1. The van der Waals surface area contributed by atoms with Crippen molar-refractivity contribution < 1.29 is 14.4 Å². The molecular formula is C21H25N3O3S. The molecule has 2 aromatic rings. The highest BCUT2D eigenvalue weighted by Crippen LogP contribution is 2.33. The van der Waals surface area contributed by atoms with Crippen molar-refractivity contribution in [3.05, 3.63) is 57.8 Å². The van der Waals surface area contributed by atoms with Crippen LogP contribution in [0.3, 0.4) is 0 Å². The molecule has 0 unspecified atom stereocenters. The van der Waals surface area contributed by atoms with Gasteiger partial charge >= 0.3 is 6.03 Å². The smallest absolute Gasteiger partial charge is 0.326 e. The van der Waals surface area contributed by atoms with Gasteiger partial charge in [0.25, 0.3) is 5.91 Å². The van der Waals surface area contributed by atoms with E-state index in [1.165, 1.54) is 4.88 Å². The van der Waals surface area contributed by atoms with Gasteiger partial charge in [0.1, 0.15) is 11.6 Å². The van der Waals surface area contributed by atoms with Crippen molar-refractivity contribution in [1.29, 1.82) is 0 Å². The minimum absolute atomic E-state index is 0.337. The van der Waals surface area contributed by atoms with Gasteiger partial charge in [0, 0.05) is 11.4 Å². The van der Waals surface area contributed by atoms with Crippen LogP contribution in [0.25, 0.3) is 0 Å².